The lowest BCUT2D eigenvalue weighted by molar-refractivity contribution is 0.181. The first-order chi connectivity index (χ1) is 8.70. The fourth-order valence-electron chi connectivity index (χ4n) is 1.91. The predicted octanol–water partition coefficient (Wildman–Crippen LogP) is 1.36. The SMILES string of the molecule is COCc1cc(CNC2=NCCN2C)ccc1F. The van der Waals surface area contributed by atoms with Crippen LogP contribution >= 0.6 is 0 Å². The van der Waals surface area contributed by atoms with Crippen molar-refractivity contribution in [2.75, 3.05) is 27.2 Å². The number of methoxy groups -OCH3 is 1. The standard InChI is InChI=1S/C13H18FN3O/c1-17-6-5-15-13(17)16-8-10-3-4-12(14)11(7-10)9-18-2/h3-4,7H,5-6,8-9H2,1-2H3,(H,15,16). The van der Waals surface area contributed by atoms with Crippen LogP contribution in [0.4, 0.5) is 4.39 Å². The Balaban J connectivity index is 1.99. The van der Waals surface area contributed by atoms with Crippen molar-refractivity contribution in [3.8, 4) is 0 Å². The van der Waals surface area contributed by atoms with E-state index in [4.69, 9.17) is 4.74 Å². The van der Waals surface area contributed by atoms with E-state index >= 15 is 0 Å². The predicted molar refractivity (Wildman–Crippen MR) is 68.9 cm³/mol. The summed E-state index contributed by atoms with van der Waals surface area (Å²) in [6, 6.07) is 5.07. The molecule has 1 heterocycles. The van der Waals surface area contributed by atoms with Crippen molar-refractivity contribution in [1.29, 1.82) is 0 Å². The molecule has 0 atom stereocenters. The number of guanidine groups is 1. The van der Waals surface area contributed by atoms with Gasteiger partial charge in [0.25, 0.3) is 0 Å². The lowest BCUT2D eigenvalue weighted by Crippen LogP contribution is -2.35. The maximum Gasteiger partial charge on any atom is 0.194 e. The number of halogens is 1. The van der Waals surface area contributed by atoms with Gasteiger partial charge in [0.2, 0.25) is 0 Å². The van der Waals surface area contributed by atoms with Gasteiger partial charge in [-0.2, -0.15) is 0 Å². The van der Waals surface area contributed by atoms with E-state index in [1.807, 2.05) is 13.1 Å². The Morgan fingerprint density at radius 3 is 3.00 bits per heavy atom. The molecule has 1 N–H and O–H groups in total. The van der Waals surface area contributed by atoms with Crippen LogP contribution in [0.1, 0.15) is 11.1 Å². The Bertz CT molecular complexity index is 448. The van der Waals surface area contributed by atoms with Gasteiger partial charge in [-0.15, -0.1) is 0 Å². The quantitative estimate of drug-likeness (QED) is 0.878. The Morgan fingerprint density at radius 2 is 2.33 bits per heavy atom. The van der Waals surface area contributed by atoms with Crippen LogP contribution in [0.2, 0.25) is 0 Å². The van der Waals surface area contributed by atoms with E-state index in [0.29, 0.717) is 18.7 Å². The third kappa shape index (κ3) is 2.98. The molecule has 1 aromatic carbocycles. The molecule has 18 heavy (non-hydrogen) atoms. The molecule has 5 heteroatoms. The molecule has 0 saturated carbocycles. The lowest BCUT2D eigenvalue weighted by Gasteiger charge is -2.15. The molecule has 0 aliphatic carbocycles. The second-order valence-electron chi connectivity index (χ2n) is 4.34. The summed E-state index contributed by atoms with van der Waals surface area (Å²) in [6.07, 6.45) is 0. The first kappa shape index (κ1) is 12.8. The van der Waals surface area contributed by atoms with Crippen LogP contribution in [0.5, 0.6) is 0 Å². The number of hydrogen-bond donors (Lipinski definition) is 1. The van der Waals surface area contributed by atoms with E-state index in [9.17, 15) is 4.39 Å². The smallest absolute Gasteiger partial charge is 0.194 e. The van der Waals surface area contributed by atoms with Crippen LogP contribution < -0.4 is 5.32 Å². The first-order valence-corrected chi connectivity index (χ1v) is 5.96. The van der Waals surface area contributed by atoms with E-state index in [1.54, 1.807) is 13.2 Å². The number of nitrogens with one attached hydrogen (secondary N) is 1. The molecule has 0 radical (unpaired) electrons. The van der Waals surface area contributed by atoms with Gasteiger partial charge in [0.05, 0.1) is 13.2 Å². The highest BCUT2D eigenvalue weighted by Gasteiger charge is 2.11. The van der Waals surface area contributed by atoms with Gasteiger partial charge in [0.1, 0.15) is 5.82 Å². The highest BCUT2D eigenvalue weighted by molar-refractivity contribution is 5.81. The molecule has 98 valence electrons. The fraction of sp³-hybridized carbons (Fsp3) is 0.462. The van der Waals surface area contributed by atoms with Crippen molar-refractivity contribution < 1.29 is 9.13 Å². The number of ether oxygens (including phenoxy) is 1. The molecule has 0 spiro atoms. The molecule has 0 fully saturated rings. The average Bonchev–Trinajstić information content (AvgIpc) is 2.76. The highest BCUT2D eigenvalue weighted by atomic mass is 19.1. The lowest BCUT2D eigenvalue weighted by atomic mass is 10.1. The summed E-state index contributed by atoms with van der Waals surface area (Å²) in [5.41, 5.74) is 1.60. The molecule has 0 saturated heterocycles. The number of hydrogen-bond acceptors (Lipinski definition) is 4. The Hall–Kier alpha value is -1.62. The fourth-order valence-corrected chi connectivity index (χ4v) is 1.91. The zero-order chi connectivity index (χ0) is 13.0. The number of likely N-dealkylation sites (N-methyl/N-ethyl adjacent to an activating group) is 1. The van der Waals surface area contributed by atoms with Crippen LogP contribution in [0, 0.1) is 5.82 Å². The second-order valence-corrected chi connectivity index (χ2v) is 4.34. The van der Waals surface area contributed by atoms with E-state index in [2.05, 4.69) is 15.2 Å². The summed E-state index contributed by atoms with van der Waals surface area (Å²) >= 11 is 0. The molecule has 2 rings (SSSR count). The third-order valence-corrected chi connectivity index (χ3v) is 2.92. The minimum atomic E-state index is -0.226. The van der Waals surface area contributed by atoms with Crippen molar-refractivity contribution >= 4 is 5.96 Å². The van der Waals surface area contributed by atoms with Gasteiger partial charge in [-0.05, 0) is 17.7 Å². The van der Waals surface area contributed by atoms with Crippen LogP contribution in [-0.4, -0.2) is 38.1 Å². The largest absolute Gasteiger partial charge is 0.380 e. The van der Waals surface area contributed by atoms with Gasteiger partial charge in [-0.1, -0.05) is 6.07 Å². The van der Waals surface area contributed by atoms with Gasteiger partial charge in [-0.25, -0.2) is 4.39 Å². The molecule has 0 aromatic heterocycles. The maximum absolute atomic E-state index is 13.4. The molecule has 1 aromatic rings. The van der Waals surface area contributed by atoms with E-state index in [-0.39, 0.29) is 5.82 Å². The van der Waals surface area contributed by atoms with Crippen molar-refractivity contribution in [2.24, 2.45) is 4.99 Å². The minimum Gasteiger partial charge on any atom is -0.380 e. The topological polar surface area (TPSA) is 36.9 Å². The van der Waals surface area contributed by atoms with Crippen molar-refractivity contribution in [3.63, 3.8) is 0 Å². The highest BCUT2D eigenvalue weighted by Crippen LogP contribution is 2.12. The summed E-state index contributed by atoms with van der Waals surface area (Å²) in [6.45, 7) is 2.71. The van der Waals surface area contributed by atoms with Crippen LogP contribution in [-0.2, 0) is 17.9 Å². The third-order valence-electron chi connectivity index (χ3n) is 2.92. The Labute approximate surface area is 106 Å². The zero-order valence-corrected chi connectivity index (χ0v) is 10.7. The molecular weight excluding hydrogens is 233 g/mol. The second kappa shape index (κ2) is 5.82. The van der Waals surface area contributed by atoms with E-state index < -0.39 is 0 Å². The van der Waals surface area contributed by atoms with E-state index in [1.165, 1.54) is 6.07 Å². The van der Waals surface area contributed by atoms with Crippen LogP contribution in [0.25, 0.3) is 0 Å². The van der Waals surface area contributed by atoms with Gasteiger partial charge in [0.15, 0.2) is 5.96 Å². The van der Waals surface area contributed by atoms with Gasteiger partial charge in [-0.3, -0.25) is 4.99 Å². The molecule has 1 aliphatic rings. The van der Waals surface area contributed by atoms with Gasteiger partial charge >= 0.3 is 0 Å². The monoisotopic (exact) mass is 251 g/mol. The summed E-state index contributed by atoms with van der Waals surface area (Å²) in [7, 11) is 3.56. The summed E-state index contributed by atoms with van der Waals surface area (Å²) in [4.78, 5) is 6.41. The van der Waals surface area contributed by atoms with Crippen molar-refractivity contribution in [3.05, 3.63) is 35.1 Å². The molecule has 4 nitrogen and oxygen atoms in total. The first-order valence-electron chi connectivity index (χ1n) is 5.96. The normalized spacial score (nSPS) is 14.8. The van der Waals surface area contributed by atoms with Gasteiger partial charge in [0, 0.05) is 32.8 Å². The summed E-state index contributed by atoms with van der Waals surface area (Å²) < 4.78 is 18.4. The molecular formula is C13H18FN3O. The number of nitrogens with zero attached hydrogens (tertiary/aromatic N) is 2. The van der Waals surface area contributed by atoms with Gasteiger partial charge < -0.3 is 15.0 Å². The Kier molecular flexibility index (Phi) is 4.15. The number of benzene rings is 1. The molecule has 1 aliphatic heterocycles. The summed E-state index contributed by atoms with van der Waals surface area (Å²) in [5, 5.41) is 3.25. The molecule has 0 amide bonds. The zero-order valence-electron chi connectivity index (χ0n) is 10.7. The molecule has 0 bridgehead atoms. The van der Waals surface area contributed by atoms with Crippen LogP contribution in [0.3, 0.4) is 0 Å². The number of rotatable bonds is 4. The van der Waals surface area contributed by atoms with Crippen LogP contribution in [0.15, 0.2) is 23.2 Å². The maximum atomic E-state index is 13.4. The summed E-state index contributed by atoms with van der Waals surface area (Å²) in [5.74, 6) is 0.670. The minimum absolute atomic E-state index is 0.226. The van der Waals surface area contributed by atoms with E-state index in [0.717, 1.165) is 24.6 Å². The molecule has 0 unspecified atom stereocenters. The average molecular weight is 251 g/mol. The van der Waals surface area contributed by atoms with Crippen molar-refractivity contribution in [1.82, 2.24) is 10.2 Å². The Morgan fingerprint density at radius 1 is 1.50 bits per heavy atom. The number of aliphatic imine (C=N–C) groups is 1. The van der Waals surface area contributed by atoms with Crippen molar-refractivity contribution in [2.45, 2.75) is 13.2 Å².